The number of aryl methyl sites for hydroxylation is 1. The van der Waals surface area contributed by atoms with Crippen molar-refractivity contribution in [3.63, 3.8) is 0 Å². The fourth-order valence-corrected chi connectivity index (χ4v) is 4.00. The van der Waals surface area contributed by atoms with Crippen molar-refractivity contribution in [2.45, 2.75) is 40.9 Å². The zero-order chi connectivity index (χ0) is 29.1. The van der Waals surface area contributed by atoms with Gasteiger partial charge in [0.05, 0.1) is 6.61 Å². The lowest BCUT2D eigenvalue weighted by Gasteiger charge is -2.16. The van der Waals surface area contributed by atoms with Crippen molar-refractivity contribution in [1.82, 2.24) is 9.47 Å². The zero-order valence-corrected chi connectivity index (χ0v) is 24.1. The molecular weight excluding hydrogens is 504 g/mol. The molecule has 0 aliphatic carbocycles. The predicted octanol–water partition coefficient (Wildman–Crippen LogP) is 6.85. The summed E-state index contributed by atoms with van der Waals surface area (Å²) in [6, 6.07) is 26.8. The standard InChI is InChI=1S/C31H32N2O5.C2H6/c1-5-36-31(35)27-29(38-21-24-14-10-7-11-15-24)28(37-20-23-12-8-6-9-13-23)26(30(34)32(3)4)33(27)25-18-16-22(2)17-19-25;1-2/h6-19H,5,20-21H2,1-4H3;1-2H3. The summed E-state index contributed by atoms with van der Waals surface area (Å²) in [4.78, 5) is 28.6. The Kier molecular flexibility index (Phi) is 10.9. The molecule has 3 aromatic carbocycles. The first-order chi connectivity index (χ1) is 19.4. The van der Waals surface area contributed by atoms with Gasteiger partial charge in [-0.25, -0.2) is 4.79 Å². The van der Waals surface area contributed by atoms with Crippen LogP contribution in [0.5, 0.6) is 11.5 Å². The van der Waals surface area contributed by atoms with E-state index in [-0.39, 0.29) is 48.6 Å². The van der Waals surface area contributed by atoms with Crippen LogP contribution < -0.4 is 9.47 Å². The molecule has 1 heterocycles. The molecule has 4 rings (SSSR count). The first-order valence-electron chi connectivity index (χ1n) is 13.5. The van der Waals surface area contributed by atoms with E-state index in [1.807, 2.05) is 106 Å². The molecule has 1 aromatic heterocycles. The molecule has 0 saturated heterocycles. The lowest BCUT2D eigenvalue weighted by Crippen LogP contribution is -2.26. The van der Waals surface area contributed by atoms with Crippen LogP contribution in [0.1, 0.15) is 58.4 Å². The number of ether oxygens (including phenoxy) is 3. The average Bonchev–Trinajstić information content (AvgIpc) is 3.31. The van der Waals surface area contributed by atoms with Crippen molar-refractivity contribution < 1.29 is 23.8 Å². The Morgan fingerprint density at radius 1 is 0.725 bits per heavy atom. The van der Waals surface area contributed by atoms with E-state index in [9.17, 15) is 9.59 Å². The molecule has 1 amide bonds. The highest BCUT2D eigenvalue weighted by molar-refractivity contribution is 6.02. The summed E-state index contributed by atoms with van der Waals surface area (Å²) in [5.41, 5.74) is 3.74. The van der Waals surface area contributed by atoms with E-state index in [0.29, 0.717) is 5.69 Å². The van der Waals surface area contributed by atoms with E-state index in [0.717, 1.165) is 16.7 Å². The molecule has 0 bridgehead atoms. The molecule has 0 aliphatic heterocycles. The number of nitrogens with zero attached hydrogens (tertiary/aromatic N) is 2. The van der Waals surface area contributed by atoms with E-state index in [2.05, 4.69) is 0 Å². The summed E-state index contributed by atoms with van der Waals surface area (Å²) < 4.78 is 19.6. The van der Waals surface area contributed by atoms with Crippen LogP contribution in [-0.2, 0) is 18.0 Å². The van der Waals surface area contributed by atoms with E-state index < -0.39 is 5.97 Å². The van der Waals surface area contributed by atoms with Gasteiger partial charge in [0, 0.05) is 19.8 Å². The maximum absolute atomic E-state index is 13.7. The SMILES string of the molecule is CC.CCOC(=O)c1c(OCc2ccccc2)c(OCc2ccccc2)c(C(=O)N(C)C)n1-c1ccc(C)cc1. The van der Waals surface area contributed by atoms with Crippen molar-refractivity contribution in [2.24, 2.45) is 0 Å². The van der Waals surface area contributed by atoms with E-state index >= 15 is 0 Å². The molecule has 0 unspecified atom stereocenters. The molecule has 0 spiro atoms. The molecule has 0 aliphatic rings. The summed E-state index contributed by atoms with van der Waals surface area (Å²) in [7, 11) is 3.31. The highest BCUT2D eigenvalue weighted by atomic mass is 16.5. The Hall–Kier alpha value is -4.52. The Balaban J connectivity index is 0.00000216. The fourth-order valence-electron chi connectivity index (χ4n) is 4.00. The highest BCUT2D eigenvalue weighted by Gasteiger charge is 2.35. The average molecular weight is 543 g/mol. The van der Waals surface area contributed by atoms with Gasteiger partial charge < -0.3 is 19.1 Å². The molecule has 0 fully saturated rings. The predicted molar refractivity (Wildman–Crippen MR) is 157 cm³/mol. The van der Waals surface area contributed by atoms with Crippen molar-refractivity contribution >= 4 is 11.9 Å². The number of carbonyl (C=O) groups excluding carboxylic acids is 2. The third kappa shape index (κ3) is 7.11. The summed E-state index contributed by atoms with van der Waals surface area (Å²) >= 11 is 0. The van der Waals surface area contributed by atoms with Crippen LogP contribution in [0.4, 0.5) is 0 Å². The first kappa shape index (κ1) is 30.0. The van der Waals surface area contributed by atoms with Gasteiger partial charge >= 0.3 is 5.97 Å². The second kappa shape index (κ2) is 14.6. The molecule has 0 atom stereocenters. The molecule has 0 saturated carbocycles. The summed E-state index contributed by atoms with van der Waals surface area (Å²) in [6.45, 7) is 8.21. The van der Waals surface area contributed by atoms with Crippen LogP contribution >= 0.6 is 0 Å². The molecule has 40 heavy (non-hydrogen) atoms. The Morgan fingerprint density at radius 2 is 1.20 bits per heavy atom. The van der Waals surface area contributed by atoms with Gasteiger partial charge in [-0.1, -0.05) is 92.2 Å². The van der Waals surface area contributed by atoms with Gasteiger partial charge in [0.25, 0.3) is 5.91 Å². The number of esters is 1. The molecule has 7 heteroatoms. The van der Waals surface area contributed by atoms with Crippen LogP contribution in [0.2, 0.25) is 0 Å². The number of amides is 1. The van der Waals surface area contributed by atoms with E-state index in [1.165, 1.54) is 4.90 Å². The van der Waals surface area contributed by atoms with Crippen LogP contribution in [0.15, 0.2) is 84.9 Å². The van der Waals surface area contributed by atoms with Crippen LogP contribution in [-0.4, -0.2) is 42.0 Å². The van der Waals surface area contributed by atoms with Gasteiger partial charge in [0.2, 0.25) is 0 Å². The van der Waals surface area contributed by atoms with Gasteiger partial charge in [-0.05, 0) is 37.1 Å². The maximum atomic E-state index is 13.7. The molecule has 4 aromatic rings. The van der Waals surface area contributed by atoms with Crippen molar-refractivity contribution in [3.8, 4) is 17.2 Å². The largest absolute Gasteiger partial charge is 0.483 e. The van der Waals surface area contributed by atoms with Crippen molar-refractivity contribution in [2.75, 3.05) is 20.7 Å². The second-order valence-electron chi connectivity index (χ2n) is 9.00. The molecule has 210 valence electrons. The Morgan fingerprint density at radius 3 is 1.65 bits per heavy atom. The van der Waals surface area contributed by atoms with Crippen LogP contribution in [0, 0.1) is 6.92 Å². The van der Waals surface area contributed by atoms with Gasteiger partial charge in [0.15, 0.2) is 22.9 Å². The van der Waals surface area contributed by atoms with E-state index in [4.69, 9.17) is 14.2 Å². The Bertz CT molecular complexity index is 1380. The maximum Gasteiger partial charge on any atom is 0.359 e. The van der Waals surface area contributed by atoms with Gasteiger partial charge in [0.1, 0.15) is 13.2 Å². The number of carbonyl (C=O) groups is 2. The van der Waals surface area contributed by atoms with E-state index in [1.54, 1.807) is 25.6 Å². The minimum atomic E-state index is -0.612. The smallest absolute Gasteiger partial charge is 0.359 e. The number of rotatable bonds is 10. The Labute approximate surface area is 236 Å². The lowest BCUT2D eigenvalue weighted by molar-refractivity contribution is 0.0511. The topological polar surface area (TPSA) is 70.0 Å². The van der Waals surface area contributed by atoms with Crippen molar-refractivity contribution in [1.29, 1.82) is 0 Å². The molecule has 7 nitrogen and oxygen atoms in total. The van der Waals surface area contributed by atoms with Crippen LogP contribution in [0.3, 0.4) is 0 Å². The molecule has 0 radical (unpaired) electrons. The summed E-state index contributed by atoms with van der Waals surface area (Å²) in [6.07, 6.45) is 0. The highest BCUT2D eigenvalue weighted by Crippen LogP contribution is 2.42. The fraction of sp³-hybridized carbons (Fsp3) is 0.273. The minimum Gasteiger partial charge on any atom is -0.483 e. The lowest BCUT2D eigenvalue weighted by atomic mass is 10.2. The third-order valence-corrected chi connectivity index (χ3v) is 5.91. The number of hydrogen-bond donors (Lipinski definition) is 0. The van der Waals surface area contributed by atoms with Crippen molar-refractivity contribution in [3.05, 3.63) is 113 Å². The number of benzene rings is 3. The summed E-state index contributed by atoms with van der Waals surface area (Å²) in [5, 5.41) is 0. The second-order valence-corrected chi connectivity index (χ2v) is 9.00. The third-order valence-electron chi connectivity index (χ3n) is 5.91. The number of aromatic nitrogens is 1. The first-order valence-corrected chi connectivity index (χ1v) is 13.5. The normalized spacial score (nSPS) is 10.2. The quantitative estimate of drug-likeness (QED) is 0.205. The molecule has 0 N–H and O–H groups in total. The number of hydrogen-bond acceptors (Lipinski definition) is 5. The summed E-state index contributed by atoms with van der Waals surface area (Å²) in [5.74, 6) is -0.603. The molecular formula is C33H38N2O5. The minimum absolute atomic E-state index is 0.0971. The van der Waals surface area contributed by atoms with Crippen LogP contribution in [0.25, 0.3) is 5.69 Å². The van der Waals surface area contributed by atoms with Gasteiger partial charge in [-0.15, -0.1) is 0 Å². The zero-order valence-electron chi connectivity index (χ0n) is 24.1. The monoisotopic (exact) mass is 542 g/mol. The van der Waals surface area contributed by atoms with Gasteiger partial charge in [-0.2, -0.15) is 0 Å². The van der Waals surface area contributed by atoms with Gasteiger partial charge in [-0.3, -0.25) is 9.36 Å².